The Bertz CT molecular complexity index is 474. The van der Waals surface area contributed by atoms with Crippen molar-refractivity contribution in [2.45, 2.75) is 39.3 Å². The standard InChI is InChI=1S/C16H24N2O3/c1-11(2)10-14(17-4)15(19)18(12(3)16(20)21)13-8-6-5-7-9-13/h5-9,11-12,14,17H,10H2,1-4H3,(H,20,21)/t12-,14-/m0/s1. The first-order chi connectivity index (χ1) is 9.88. The molecular formula is C16H24N2O3. The molecule has 2 N–H and O–H groups in total. The molecule has 0 aliphatic heterocycles. The largest absolute Gasteiger partial charge is 0.480 e. The molecule has 1 aromatic rings. The van der Waals surface area contributed by atoms with Crippen LogP contribution in [0, 0.1) is 5.92 Å². The molecule has 0 fully saturated rings. The van der Waals surface area contributed by atoms with E-state index in [1.807, 2.05) is 19.9 Å². The Morgan fingerprint density at radius 3 is 2.19 bits per heavy atom. The number of aliphatic carboxylic acids is 1. The first-order valence-corrected chi connectivity index (χ1v) is 7.16. The van der Waals surface area contributed by atoms with E-state index in [1.165, 1.54) is 11.8 Å². The minimum absolute atomic E-state index is 0.215. The maximum absolute atomic E-state index is 12.8. The number of rotatable bonds is 7. The van der Waals surface area contributed by atoms with Crippen molar-refractivity contribution >= 4 is 17.6 Å². The normalized spacial score (nSPS) is 13.8. The fourth-order valence-corrected chi connectivity index (χ4v) is 2.22. The van der Waals surface area contributed by atoms with E-state index in [1.54, 1.807) is 31.3 Å². The van der Waals surface area contributed by atoms with Crippen LogP contribution in [0.1, 0.15) is 27.2 Å². The first kappa shape index (κ1) is 17.2. The summed E-state index contributed by atoms with van der Waals surface area (Å²) in [5, 5.41) is 12.3. The highest BCUT2D eigenvalue weighted by atomic mass is 16.4. The van der Waals surface area contributed by atoms with Gasteiger partial charge in [-0.1, -0.05) is 32.0 Å². The molecule has 0 heterocycles. The van der Waals surface area contributed by atoms with Crippen molar-refractivity contribution in [3.63, 3.8) is 0 Å². The monoisotopic (exact) mass is 292 g/mol. The van der Waals surface area contributed by atoms with Crippen LogP contribution in [0.3, 0.4) is 0 Å². The molecule has 0 aliphatic rings. The highest BCUT2D eigenvalue weighted by Crippen LogP contribution is 2.20. The van der Waals surface area contributed by atoms with Crippen molar-refractivity contribution in [2.24, 2.45) is 5.92 Å². The number of carbonyl (C=O) groups excluding carboxylic acids is 1. The zero-order valence-electron chi connectivity index (χ0n) is 13.0. The van der Waals surface area contributed by atoms with Gasteiger partial charge in [0.25, 0.3) is 0 Å². The second-order valence-electron chi connectivity index (χ2n) is 5.53. The van der Waals surface area contributed by atoms with E-state index in [4.69, 9.17) is 0 Å². The van der Waals surface area contributed by atoms with Crippen LogP contribution in [-0.4, -0.2) is 36.1 Å². The van der Waals surface area contributed by atoms with Gasteiger partial charge in [0.15, 0.2) is 0 Å². The summed E-state index contributed by atoms with van der Waals surface area (Å²) in [6.45, 7) is 5.59. The minimum atomic E-state index is -1.02. The quantitative estimate of drug-likeness (QED) is 0.807. The molecule has 0 bridgehead atoms. The zero-order chi connectivity index (χ0) is 16.0. The molecule has 116 valence electrons. The molecular weight excluding hydrogens is 268 g/mol. The van der Waals surface area contributed by atoms with Gasteiger partial charge in [-0.3, -0.25) is 9.69 Å². The van der Waals surface area contributed by atoms with Crippen LogP contribution >= 0.6 is 0 Å². The number of hydrogen-bond donors (Lipinski definition) is 2. The third-order valence-corrected chi connectivity index (χ3v) is 3.37. The average molecular weight is 292 g/mol. The van der Waals surface area contributed by atoms with E-state index >= 15 is 0 Å². The van der Waals surface area contributed by atoms with E-state index < -0.39 is 18.1 Å². The van der Waals surface area contributed by atoms with Crippen molar-refractivity contribution in [3.05, 3.63) is 30.3 Å². The topological polar surface area (TPSA) is 69.6 Å². The molecule has 1 amide bonds. The molecule has 0 saturated heterocycles. The smallest absolute Gasteiger partial charge is 0.326 e. The summed E-state index contributed by atoms with van der Waals surface area (Å²) < 4.78 is 0. The highest BCUT2D eigenvalue weighted by Gasteiger charge is 2.31. The molecule has 5 nitrogen and oxygen atoms in total. The Balaban J connectivity index is 3.11. The fourth-order valence-electron chi connectivity index (χ4n) is 2.22. The number of carbonyl (C=O) groups is 2. The summed E-state index contributed by atoms with van der Waals surface area (Å²) in [6, 6.07) is 7.61. The maximum Gasteiger partial charge on any atom is 0.326 e. The second-order valence-corrected chi connectivity index (χ2v) is 5.53. The third kappa shape index (κ3) is 4.56. The van der Waals surface area contributed by atoms with Gasteiger partial charge in [0.1, 0.15) is 6.04 Å². The van der Waals surface area contributed by atoms with Gasteiger partial charge in [0.2, 0.25) is 5.91 Å². The van der Waals surface area contributed by atoms with Gasteiger partial charge in [0, 0.05) is 5.69 Å². The summed E-state index contributed by atoms with van der Waals surface area (Å²) in [5.74, 6) is -0.900. The van der Waals surface area contributed by atoms with Crippen molar-refractivity contribution in [2.75, 3.05) is 11.9 Å². The number of para-hydroxylation sites is 1. The SMILES string of the molecule is CN[C@@H](CC(C)C)C(=O)N(c1ccccc1)[C@@H](C)C(=O)O. The number of benzene rings is 1. The first-order valence-electron chi connectivity index (χ1n) is 7.16. The van der Waals surface area contributed by atoms with E-state index in [9.17, 15) is 14.7 Å². The Morgan fingerprint density at radius 1 is 1.19 bits per heavy atom. The number of anilines is 1. The van der Waals surface area contributed by atoms with Crippen LogP contribution in [-0.2, 0) is 9.59 Å². The summed E-state index contributed by atoms with van der Waals surface area (Å²) in [4.78, 5) is 25.4. The van der Waals surface area contributed by atoms with Gasteiger partial charge in [0.05, 0.1) is 6.04 Å². The van der Waals surface area contributed by atoms with Crippen LogP contribution in [0.2, 0.25) is 0 Å². The van der Waals surface area contributed by atoms with Crippen LogP contribution in [0.5, 0.6) is 0 Å². The molecule has 0 spiro atoms. The van der Waals surface area contributed by atoms with Gasteiger partial charge in [-0.05, 0) is 38.4 Å². The van der Waals surface area contributed by atoms with E-state index in [2.05, 4.69) is 5.32 Å². The van der Waals surface area contributed by atoms with E-state index in [0.29, 0.717) is 18.0 Å². The van der Waals surface area contributed by atoms with Crippen molar-refractivity contribution in [1.29, 1.82) is 0 Å². The second kappa shape index (κ2) is 7.78. The summed E-state index contributed by atoms with van der Waals surface area (Å²) in [5.41, 5.74) is 0.599. The van der Waals surface area contributed by atoms with Gasteiger partial charge < -0.3 is 10.4 Å². The summed E-state index contributed by atoms with van der Waals surface area (Å²) in [6.07, 6.45) is 0.658. The molecule has 0 saturated carbocycles. The van der Waals surface area contributed by atoms with Crippen molar-refractivity contribution in [3.8, 4) is 0 Å². The number of likely N-dealkylation sites (N-methyl/N-ethyl adjacent to an activating group) is 1. The van der Waals surface area contributed by atoms with Crippen molar-refractivity contribution in [1.82, 2.24) is 5.32 Å². The lowest BCUT2D eigenvalue weighted by molar-refractivity contribution is -0.139. The Labute approximate surface area is 126 Å². The number of carboxylic acid groups (broad SMARTS) is 1. The molecule has 5 heteroatoms. The molecule has 2 atom stereocenters. The molecule has 1 aromatic carbocycles. The lowest BCUT2D eigenvalue weighted by atomic mass is 10.0. The number of nitrogens with one attached hydrogen (secondary N) is 1. The number of amides is 1. The van der Waals surface area contributed by atoms with E-state index in [-0.39, 0.29) is 5.91 Å². The predicted octanol–water partition coefficient (Wildman–Crippen LogP) is 2.13. The van der Waals surface area contributed by atoms with Crippen molar-refractivity contribution < 1.29 is 14.7 Å². The third-order valence-electron chi connectivity index (χ3n) is 3.37. The van der Waals surface area contributed by atoms with Crippen LogP contribution in [0.25, 0.3) is 0 Å². The minimum Gasteiger partial charge on any atom is -0.480 e. The van der Waals surface area contributed by atoms with Crippen LogP contribution < -0.4 is 10.2 Å². The number of hydrogen-bond acceptors (Lipinski definition) is 3. The summed E-state index contributed by atoms with van der Waals surface area (Å²) in [7, 11) is 1.72. The lowest BCUT2D eigenvalue weighted by Gasteiger charge is -2.31. The molecule has 0 aliphatic carbocycles. The zero-order valence-corrected chi connectivity index (χ0v) is 13.0. The molecule has 21 heavy (non-hydrogen) atoms. The van der Waals surface area contributed by atoms with E-state index in [0.717, 1.165) is 0 Å². The fraction of sp³-hybridized carbons (Fsp3) is 0.500. The molecule has 0 unspecified atom stereocenters. The van der Waals surface area contributed by atoms with Crippen LogP contribution in [0.15, 0.2) is 30.3 Å². The summed E-state index contributed by atoms with van der Waals surface area (Å²) >= 11 is 0. The Morgan fingerprint density at radius 2 is 1.76 bits per heavy atom. The average Bonchev–Trinajstić information content (AvgIpc) is 2.45. The molecule has 1 rings (SSSR count). The lowest BCUT2D eigenvalue weighted by Crippen LogP contribution is -2.52. The van der Waals surface area contributed by atoms with Gasteiger partial charge in [-0.15, -0.1) is 0 Å². The van der Waals surface area contributed by atoms with Gasteiger partial charge in [-0.25, -0.2) is 4.79 Å². The maximum atomic E-state index is 12.8. The van der Waals surface area contributed by atoms with Crippen LogP contribution in [0.4, 0.5) is 5.69 Å². The molecule has 0 radical (unpaired) electrons. The van der Waals surface area contributed by atoms with Gasteiger partial charge >= 0.3 is 5.97 Å². The number of carboxylic acids is 1. The Hall–Kier alpha value is -1.88. The molecule has 0 aromatic heterocycles. The van der Waals surface area contributed by atoms with Gasteiger partial charge in [-0.2, -0.15) is 0 Å². The highest BCUT2D eigenvalue weighted by molar-refractivity contribution is 6.01. The number of nitrogens with zero attached hydrogens (tertiary/aromatic N) is 1. The predicted molar refractivity (Wildman–Crippen MR) is 83.3 cm³/mol. The Kier molecular flexibility index (Phi) is 6.37.